The lowest BCUT2D eigenvalue weighted by Gasteiger charge is -2.37. The third-order valence-corrected chi connectivity index (χ3v) is 10.5. The second-order valence-electron chi connectivity index (χ2n) is 15.0. The number of aromatic nitrogens is 2. The van der Waals surface area contributed by atoms with Crippen LogP contribution in [0, 0.1) is 17.3 Å². The van der Waals surface area contributed by atoms with Crippen LogP contribution in [0.5, 0.6) is 11.6 Å². The van der Waals surface area contributed by atoms with Crippen molar-refractivity contribution in [1.29, 1.82) is 0 Å². The minimum atomic E-state index is -3.35. The van der Waals surface area contributed by atoms with Crippen molar-refractivity contribution in [2.24, 2.45) is 17.3 Å². The van der Waals surface area contributed by atoms with Crippen LogP contribution < -0.4 is 14.8 Å². The van der Waals surface area contributed by atoms with Gasteiger partial charge in [0.1, 0.15) is 23.5 Å². The van der Waals surface area contributed by atoms with Crippen LogP contribution in [-0.4, -0.2) is 70.1 Å². The average molecular weight is 673 g/mol. The topological polar surface area (TPSA) is 120 Å². The Morgan fingerprint density at radius 1 is 1.08 bits per heavy atom. The zero-order valence-corrected chi connectivity index (χ0v) is 29.2. The molecule has 0 radical (unpaired) electrons. The Balaban J connectivity index is 1.60. The van der Waals surface area contributed by atoms with Gasteiger partial charge in [0.25, 0.3) is 5.92 Å². The lowest BCUT2D eigenvalue weighted by molar-refractivity contribution is -0.141. The molecular formula is C36H50F2N4O6. The van der Waals surface area contributed by atoms with Crippen LogP contribution in [0.1, 0.15) is 105 Å². The molecule has 10 nitrogen and oxygen atoms in total. The quantitative estimate of drug-likeness (QED) is 0.372. The molecule has 1 aromatic carbocycles. The lowest BCUT2D eigenvalue weighted by Crippen LogP contribution is -2.58. The van der Waals surface area contributed by atoms with Crippen molar-refractivity contribution in [3.05, 3.63) is 23.9 Å². The molecule has 12 heteroatoms. The number of halogens is 2. The van der Waals surface area contributed by atoms with Gasteiger partial charge < -0.3 is 24.4 Å². The van der Waals surface area contributed by atoms with E-state index in [0.29, 0.717) is 36.9 Å². The van der Waals surface area contributed by atoms with Crippen molar-refractivity contribution in [1.82, 2.24) is 20.2 Å². The number of hydrogen-bond donors (Lipinski definition) is 1. The molecule has 6 atom stereocenters. The summed E-state index contributed by atoms with van der Waals surface area (Å²) in [5.74, 6) is -4.37. The maximum atomic E-state index is 16.2. The number of fused-ring (bicyclic) bond motifs is 5. The summed E-state index contributed by atoms with van der Waals surface area (Å²) in [5.41, 5.74) is -1.45. The van der Waals surface area contributed by atoms with Gasteiger partial charge in [0.15, 0.2) is 11.5 Å². The highest BCUT2D eigenvalue weighted by atomic mass is 19.3. The Kier molecular flexibility index (Phi) is 10.2. The number of amides is 2. The molecule has 3 aliphatic rings. The summed E-state index contributed by atoms with van der Waals surface area (Å²) in [7, 11) is 1.50. The molecule has 0 spiro atoms. The number of nitrogens with zero attached hydrogens (tertiary/aromatic N) is 3. The number of methoxy groups -OCH3 is 1. The third-order valence-electron chi connectivity index (χ3n) is 10.5. The molecule has 1 aliphatic carbocycles. The fourth-order valence-corrected chi connectivity index (χ4v) is 7.84. The van der Waals surface area contributed by atoms with Gasteiger partial charge in [-0.05, 0) is 75.8 Å². The molecule has 1 saturated heterocycles. The molecule has 264 valence electrons. The van der Waals surface area contributed by atoms with Crippen LogP contribution >= 0.6 is 0 Å². The average Bonchev–Trinajstić information content (AvgIpc) is 3.57. The van der Waals surface area contributed by atoms with E-state index in [9.17, 15) is 14.4 Å². The fraction of sp³-hybridized carbons (Fsp3) is 0.694. The van der Waals surface area contributed by atoms with Gasteiger partial charge in [-0.15, -0.1) is 0 Å². The predicted molar refractivity (Wildman–Crippen MR) is 176 cm³/mol. The van der Waals surface area contributed by atoms with E-state index < -0.39 is 65.2 Å². The van der Waals surface area contributed by atoms with Gasteiger partial charge in [-0.25, -0.2) is 14.8 Å². The smallest absolute Gasteiger partial charge is 0.408 e. The van der Waals surface area contributed by atoms with E-state index in [-0.39, 0.29) is 36.1 Å². The van der Waals surface area contributed by atoms with Gasteiger partial charge >= 0.3 is 6.09 Å². The van der Waals surface area contributed by atoms with E-state index in [1.807, 2.05) is 34.6 Å². The number of nitrogens with one attached hydrogen (secondary N) is 1. The highest BCUT2D eigenvalue weighted by molar-refractivity contribution is 5.92. The summed E-state index contributed by atoms with van der Waals surface area (Å²) in [6, 6.07) is 2.91. The second kappa shape index (κ2) is 13.7. The highest BCUT2D eigenvalue weighted by Crippen LogP contribution is 2.44. The molecule has 2 amide bonds. The van der Waals surface area contributed by atoms with E-state index >= 15 is 8.78 Å². The van der Waals surface area contributed by atoms with Crippen LogP contribution in [0.3, 0.4) is 0 Å². The van der Waals surface area contributed by atoms with Crippen molar-refractivity contribution in [2.45, 2.75) is 129 Å². The molecule has 2 aromatic rings. The Morgan fingerprint density at radius 3 is 2.48 bits per heavy atom. The summed E-state index contributed by atoms with van der Waals surface area (Å²) in [4.78, 5) is 51.4. The normalized spacial score (nSPS) is 30.2. The molecule has 1 N–H and O–H groups in total. The van der Waals surface area contributed by atoms with Crippen LogP contribution in [-0.2, 0) is 20.2 Å². The van der Waals surface area contributed by atoms with E-state index in [0.717, 1.165) is 19.3 Å². The van der Waals surface area contributed by atoms with Gasteiger partial charge in [-0.3, -0.25) is 9.59 Å². The Labute approximate surface area is 281 Å². The van der Waals surface area contributed by atoms with E-state index in [4.69, 9.17) is 14.2 Å². The maximum Gasteiger partial charge on any atom is 0.408 e. The van der Waals surface area contributed by atoms with Crippen molar-refractivity contribution < 1.29 is 37.4 Å². The van der Waals surface area contributed by atoms with Crippen molar-refractivity contribution in [3.8, 4) is 11.6 Å². The summed E-state index contributed by atoms with van der Waals surface area (Å²) in [6.07, 6.45) is 3.16. The van der Waals surface area contributed by atoms with Crippen LogP contribution in [0.4, 0.5) is 13.6 Å². The monoisotopic (exact) mass is 672 g/mol. The first-order valence-electron chi connectivity index (χ1n) is 17.3. The van der Waals surface area contributed by atoms with Gasteiger partial charge in [-0.2, -0.15) is 8.78 Å². The first kappa shape index (κ1) is 35.7. The number of alkyl carbamates (subject to hydrolysis) is 1. The zero-order valence-electron chi connectivity index (χ0n) is 29.2. The summed E-state index contributed by atoms with van der Waals surface area (Å²) in [5, 5.41) is 2.85. The largest absolute Gasteiger partial charge is 0.497 e. The zero-order chi connectivity index (χ0) is 35.0. The summed E-state index contributed by atoms with van der Waals surface area (Å²) < 4.78 is 50.1. The fourth-order valence-electron chi connectivity index (χ4n) is 7.84. The third kappa shape index (κ3) is 7.22. The molecule has 2 aliphatic heterocycles. The lowest BCUT2D eigenvalue weighted by atomic mass is 9.85. The van der Waals surface area contributed by atoms with Crippen molar-refractivity contribution in [3.63, 3.8) is 0 Å². The number of ether oxygens (including phenoxy) is 3. The van der Waals surface area contributed by atoms with Gasteiger partial charge in [0.2, 0.25) is 11.8 Å². The number of carbonyl (C=O) groups is 3. The number of benzene rings is 1. The number of ketones is 1. The SMILES string of the molecule is CC[C@@H]1[C@@H]2CN(C(=O)[C@H](C(C)(C)C)NC(=O)O[C@]3(C)CCC[C@H]3CCCCCC(F)(F)c3nc4ccc(OC)cc4nc3O2)[C@@H]1C(C)=O. The maximum absolute atomic E-state index is 16.2. The molecule has 2 fully saturated rings. The number of rotatable bonds is 3. The van der Waals surface area contributed by atoms with E-state index in [2.05, 4.69) is 15.3 Å². The Hall–Kier alpha value is -3.57. The molecule has 1 saturated carbocycles. The van der Waals surface area contributed by atoms with Gasteiger partial charge in [-0.1, -0.05) is 40.5 Å². The molecule has 0 unspecified atom stereocenters. The van der Waals surface area contributed by atoms with Crippen LogP contribution in [0.2, 0.25) is 0 Å². The van der Waals surface area contributed by atoms with Crippen molar-refractivity contribution >= 4 is 28.8 Å². The molecule has 3 heterocycles. The number of Topliss-reactive ketones (excluding diaryl/α,β-unsaturated/α-hetero) is 1. The molecule has 48 heavy (non-hydrogen) atoms. The Morgan fingerprint density at radius 2 is 1.81 bits per heavy atom. The second-order valence-corrected chi connectivity index (χ2v) is 15.0. The van der Waals surface area contributed by atoms with Gasteiger partial charge in [0.05, 0.1) is 30.7 Å². The highest BCUT2D eigenvalue weighted by Gasteiger charge is 2.51. The number of hydrogen-bond acceptors (Lipinski definition) is 8. The van der Waals surface area contributed by atoms with Gasteiger partial charge in [0, 0.05) is 18.4 Å². The minimum Gasteiger partial charge on any atom is -0.497 e. The van der Waals surface area contributed by atoms with E-state index in [1.54, 1.807) is 18.2 Å². The first-order chi connectivity index (χ1) is 22.6. The molecule has 1 aromatic heterocycles. The number of alkyl halides is 2. The Bertz CT molecular complexity index is 1530. The molecule has 2 bridgehead atoms. The molecule has 5 rings (SSSR count). The first-order valence-corrected chi connectivity index (χ1v) is 17.3. The summed E-state index contributed by atoms with van der Waals surface area (Å²) >= 11 is 0. The minimum absolute atomic E-state index is 0.0620. The number of carbonyl (C=O) groups excluding carboxylic acids is 3. The summed E-state index contributed by atoms with van der Waals surface area (Å²) in [6.45, 7) is 10.6. The standard InChI is InChI=1S/C36H50F2N4O6/c1-8-24-27-20-42(28(24)21(2)43)32(44)30(34(3,4)5)41-33(45)48-35(6)17-12-14-22(35)13-10-9-11-18-36(37,38)29-31(47-27)40-26-19-23(46-7)15-16-25(26)39-29/h15-16,19,22,24,27-28,30H,8-14,17-18,20H2,1-7H3,(H,41,45)/t22-,24-,27+,28-,30-,35-/m1/s1. The van der Waals surface area contributed by atoms with E-state index in [1.165, 1.54) is 18.9 Å². The van der Waals surface area contributed by atoms with Crippen LogP contribution in [0.25, 0.3) is 11.0 Å². The predicted octanol–water partition coefficient (Wildman–Crippen LogP) is 6.97. The van der Waals surface area contributed by atoms with Crippen molar-refractivity contribution in [2.75, 3.05) is 13.7 Å². The van der Waals surface area contributed by atoms with Crippen LogP contribution in [0.15, 0.2) is 18.2 Å². The molecular weight excluding hydrogens is 622 g/mol.